The minimum Gasteiger partial charge on any atom is -0.336 e. The fourth-order valence-corrected chi connectivity index (χ4v) is 2.34. The van der Waals surface area contributed by atoms with Crippen LogP contribution >= 0.6 is 11.6 Å². The zero-order valence-electron chi connectivity index (χ0n) is 10.1. The highest BCUT2D eigenvalue weighted by Gasteiger charge is 2.21. The van der Waals surface area contributed by atoms with Crippen LogP contribution < -0.4 is 0 Å². The van der Waals surface area contributed by atoms with E-state index in [-0.39, 0.29) is 11.7 Å². The van der Waals surface area contributed by atoms with Crippen LogP contribution in [0, 0.1) is 5.82 Å². The Bertz CT molecular complexity index is 419. The highest BCUT2D eigenvalue weighted by atomic mass is 35.5. The van der Waals surface area contributed by atoms with Gasteiger partial charge in [0, 0.05) is 44.2 Å². The van der Waals surface area contributed by atoms with Crippen LogP contribution in [0.25, 0.3) is 0 Å². The summed E-state index contributed by atoms with van der Waals surface area (Å²) in [5.74, 6) is 0.138. The number of hydrogen-bond donors (Lipinski definition) is 0. The topological polar surface area (TPSA) is 23.6 Å². The van der Waals surface area contributed by atoms with Crippen molar-refractivity contribution in [3.8, 4) is 0 Å². The predicted molar refractivity (Wildman–Crippen MR) is 69.5 cm³/mol. The summed E-state index contributed by atoms with van der Waals surface area (Å²) in [7, 11) is 0. The Morgan fingerprint density at radius 1 is 1.28 bits per heavy atom. The van der Waals surface area contributed by atoms with Crippen molar-refractivity contribution in [3.05, 3.63) is 35.6 Å². The number of carbonyl (C=O) groups excluding carboxylic acids is 1. The summed E-state index contributed by atoms with van der Waals surface area (Å²) in [6, 6.07) is 5.84. The second-order valence-electron chi connectivity index (χ2n) is 4.33. The highest BCUT2D eigenvalue weighted by Crippen LogP contribution is 2.10. The van der Waals surface area contributed by atoms with Crippen LogP contribution in [0.2, 0.25) is 0 Å². The van der Waals surface area contributed by atoms with Gasteiger partial charge in [0.25, 0.3) is 5.91 Å². The molecule has 1 amide bonds. The van der Waals surface area contributed by atoms with E-state index in [1.807, 2.05) is 0 Å². The Hall–Kier alpha value is -1.13. The van der Waals surface area contributed by atoms with E-state index in [9.17, 15) is 9.18 Å². The molecule has 0 radical (unpaired) electrons. The van der Waals surface area contributed by atoms with Gasteiger partial charge in [-0.15, -0.1) is 11.6 Å². The van der Waals surface area contributed by atoms with E-state index in [0.29, 0.717) is 24.5 Å². The third-order valence-electron chi connectivity index (χ3n) is 3.13. The molecule has 0 spiro atoms. The molecule has 3 nitrogen and oxygen atoms in total. The van der Waals surface area contributed by atoms with Crippen LogP contribution in [0.15, 0.2) is 24.3 Å². The van der Waals surface area contributed by atoms with Crippen LogP contribution in [-0.4, -0.2) is 54.3 Å². The SMILES string of the molecule is O=C(c1cccc(F)c1)N1CCN(CCCl)CC1. The van der Waals surface area contributed by atoms with Gasteiger partial charge >= 0.3 is 0 Å². The minimum absolute atomic E-state index is 0.0972. The molecule has 0 atom stereocenters. The molecule has 0 bridgehead atoms. The number of alkyl halides is 1. The molecule has 0 saturated carbocycles. The first-order valence-corrected chi connectivity index (χ1v) is 6.57. The number of benzene rings is 1. The van der Waals surface area contributed by atoms with Gasteiger partial charge in [-0.1, -0.05) is 6.07 Å². The fourth-order valence-electron chi connectivity index (χ4n) is 2.10. The van der Waals surface area contributed by atoms with Crippen molar-refractivity contribution in [2.45, 2.75) is 0 Å². The first kappa shape index (κ1) is 13.3. The lowest BCUT2D eigenvalue weighted by Gasteiger charge is -2.34. The molecule has 0 unspecified atom stereocenters. The molecule has 18 heavy (non-hydrogen) atoms. The van der Waals surface area contributed by atoms with Crippen molar-refractivity contribution in [3.63, 3.8) is 0 Å². The van der Waals surface area contributed by atoms with Gasteiger partial charge in [-0.25, -0.2) is 4.39 Å². The number of amides is 1. The maximum atomic E-state index is 13.1. The Labute approximate surface area is 111 Å². The number of halogens is 2. The van der Waals surface area contributed by atoms with Crippen molar-refractivity contribution in [1.29, 1.82) is 0 Å². The first-order valence-electron chi connectivity index (χ1n) is 6.04. The van der Waals surface area contributed by atoms with Gasteiger partial charge in [-0.3, -0.25) is 9.69 Å². The molecule has 0 N–H and O–H groups in total. The van der Waals surface area contributed by atoms with Crippen molar-refractivity contribution < 1.29 is 9.18 Å². The largest absolute Gasteiger partial charge is 0.336 e. The van der Waals surface area contributed by atoms with Crippen molar-refractivity contribution >= 4 is 17.5 Å². The average molecular weight is 271 g/mol. The molecule has 1 fully saturated rings. The number of rotatable bonds is 3. The van der Waals surface area contributed by atoms with Crippen molar-refractivity contribution in [1.82, 2.24) is 9.80 Å². The lowest BCUT2D eigenvalue weighted by atomic mass is 10.2. The number of piperazine rings is 1. The number of carbonyl (C=O) groups is 1. The van der Waals surface area contributed by atoms with Gasteiger partial charge in [0.1, 0.15) is 5.82 Å². The molecule has 1 saturated heterocycles. The second kappa shape index (κ2) is 6.16. The van der Waals surface area contributed by atoms with E-state index in [2.05, 4.69) is 4.90 Å². The maximum absolute atomic E-state index is 13.1. The highest BCUT2D eigenvalue weighted by molar-refractivity contribution is 6.18. The monoisotopic (exact) mass is 270 g/mol. The molecular formula is C13H16ClFN2O. The normalized spacial score (nSPS) is 16.9. The zero-order valence-corrected chi connectivity index (χ0v) is 10.9. The predicted octanol–water partition coefficient (Wildman–Crippen LogP) is 1.82. The van der Waals surface area contributed by atoms with Gasteiger partial charge < -0.3 is 4.90 Å². The molecule has 98 valence electrons. The zero-order chi connectivity index (χ0) is 13.0. The van der Waals surface area contributed by atoms with Crippen molar-refractivity contribution in [2.75, 3.05) is 38.6 Å². The fraction of sp³-hybridized carbons (Fsp3) is 0.462. The van der Waals surface area contributed by atoms with E-state index in [1.165, 1.54) is 12.1 Å². The van der Waals surface area contributed by atoms with E-state index in [4.69, 9.17) is 11.6 Å². The summed E-state index contributed by atoms with van der Waals surface area (Å²) in [5.41, 5.74) is 0.417. The van der Waals surface area contributed by atoms with Gasteiger partial charge in [-0.2, -0.15) is 0 Å². The third kappa shape index (κ3) is 3.21. The lowest BCUT2D eigenvalue weighted by molar-refractivity contribution is 0.0644. The van der Waals surface area contributed by atoms with Crippen LogP contribution in [0.3, 0.4) is 0 Å². The summed E-state index contributed by atoms with van der Waals surface area (Å²) >= 11 is 5.68. The van der Waals surface area contributed by atoms with E-state index in [0.717, 1.165) is 19.6 Å². The smallest absolute Gasteiger partial charge is 0.254 e. The summed E-state index contributed by atoms with van der Waals surface area (Å²) in [5, 5.41) is 0. The Morgan fingerprint density at radius 2 is 2.00 bits per heavy atom. The molecule has 0 aliphatic carbocycles. The average Bonchev–Trinajstić information content (AvgIpc) is 2.39. The Balaban J connectivity index is 1.95. The van der Waals surface area contributed by atoms with E-state index in [1.54, 1.807) is 17.0 Å². The van der Waals surface area contributed by atoms with E-state index < -0.39 is 0 Å². The lowest BCUT2D eigenvalue weighted by Crippen LogP contribution is -2.49. The minimum atomic E-state index is -0.373. The summed E-state index contributed by atoms with van der Waals surface area (Å²) in [6.07, 6.45) is 0. The molecule has 5 heteroatoms. The maximum Gasteiger partial charge on any atom is 0.254 e. The van der Waals surface area contributed by atoms with Crippen LogP contribution in [-0.2, 0) is 0 Å². The number of hydrogen-bond acceptors (Lipinski definition) is 2. The Kier molecular flexibility index (Phi) is 4.55. The standard InChI is InChI=1S/C13H16ClFN2O/c14-4-5-16-6-8-17(9-7-16)13(18)11-2-1-3-12(15)10-11/h1-3,10H,4-9H2. The summed E-state index contributed by atoms with van der Waals surface area (Å²) in [4.78, 5) is 16.1. The molecule has 2 rings (SSSR count). The van der Waals surface area contributed by atoms with Crippen molar-refractivity contribution in [2.24, 2.45) is 0 Å². The quantitative estimate of drug-likeness (QED) is 0.783. The van der Waals surface area contributed by atoms with Gasteiger partial charge in [0.15, 0.2) is 0 Å². The molecule has 1 heterocycles. The third-order valence-corrected chi connectivity index (χ3v) is 3.30. The molecule has 1 aliphatic heterocycles. The van der Waals surface area contributed by atoms with Crippen LogP contribution in [0.4, 0.5) is 4.39 Å². The van der Waals surface area contributed by atoms with E-state index >= 15 is 0 Å². The molecular weight excluding hydrogens is 255 g/mol. The molecule has 1 aromatic carbocycles. The summed E-state index contributed by atoms with van der Waals surface area (Å²) < 4.78 is 13.1. The first-order chi connectivity index (χ1) is 8.70. The molecule has 0 aromatic heterocycles. The van der Waals surface area contributed by atoms with Crippen LogP contribution in [0.1, 0.15) is 10.4 Å². The Morgan fingerprint density at radius 3 is 2.61 bits per heavy atom. The second-order valence-corrected chi connectivity index (χ2v) is 4.71. The van der Waals surface area contributed by atoms with Gasteiger partial charge in [0.05, 0.1) is 0 Å². The molecule has 1 aliphatic rings. The van der Waals surface area contributed by atoms with Gasteiger partial charge in [0.2, 0.25) is 0 Å². The number of nitrogens with zero attached hydrogens (tertiary/aromatic N) is 2. The molecule has 1 aromatic rings. The van der Waals surface area contributed by atoms with Crippen LogP contribution in [0.5, 0.6) is 0 Å². The summed E-state index contributed by atoms with van der Waals surface area (Å²) in [6.45, 7) is 3.85. The van der Waals surface area contributed by atoms with Gasteiger partial charge in [-0.05, 0) is 18.2 Å².